The summed E-state index contributed by atoms with van der Waals surface area (Å²) in [5, 5.41) is 3.08. The second-order valence-corrected chi connectivity index (χ2v) is 15.5. The van der Waals surface area contributed by atoms with Gasteiger partial charge in [-0.3, -0.25) is 9.69 Å². The summed E-state index contributed by atoms with van der Waals surface area (Å²) in [4.78, 5) is 34.8. The molecule has 3 saturated carbocycles. The van der Waals surface area contributed by atoms with Crippen LogP contribution in [0.15, 0.2) is 42.1 Å². The number of carbonyl (C=O) groups is 2. The van der Waals surface area contributed by atoms with Gasteiger partial charge in [-0.05, 0) is 108 Å². The second kappa shape index (κ2) is 13.0. The molecule has 0 radical (unpaired) electrons. The van der Waals surface area contributed by atoms with E-state index in [1.807, 2.05) is 36.4 Å². The first-order chi connectivity index (χ1) is 21.9. The summed E-state index contributed by atoms with van der Waals surface area (Å²) >= 11 is 0. The Morgan fingerprint density at radius 3 is 2.54 bits per heavy atom. The van der Waals surface area contributed by atoms with Crippen LogP contribution in [-0.2, 0) is 25.3 Å². The summed E-state index contributed by atoms with van der Waals surface area (Å²) in [5.74, 6) is 0.339. The van der Waals surface area contributed by atoms with Crippen molar-refractivity contribution in [3.63, 3.8) is 0 Å². The summed E-state index contributed by atoms with van der Waals surface area (Å²) in [6.07, 6.45) is 8.75. The highest BCUT2D eigenvalue weighted by Crippen LogP contribution is 2.65. The molecule has 6 fully saturated rings. The number of likely N-dealkylation sites (tertiary alicyclic amines) is 2. The standard InChI is InChI=1S/C36H51BN4O5/c1-34(2,40-17-12-13-18-40)23-28(38-6)32(42)41-19-11-10-16-27(41)24-44-33(43)39-31(20-25-14-8-7-9-15-25)37-45-30-22-26-21-29(35(26,3)4)36(30,5)46-37/h7-9,14-15,23,26-27,29-31H,10-13,16-22,24H2,1-5H3,(H,39,43)/t26-,27+,29-,30+,31-,36-/m0/s1. The number of ether oxygens (including phenoxy) is 1. The van der Waals surface area contributed by atoms with Crippen molar-refractivity contribution in [2.45, 2.75) is 115 Å². The minimum atomic E-state index is -0.587. The highest BCUT2D eigenvalue weighted by Gasteiger charge is 2.68. The van der Waals surface area contributed by atoms with Crippen LogP contribution in [0.4, 0.5) is 4.79 Å². The lowest BCUT2D eigenvalue weighted by atomic mass is 9.43. The van der Waals surface area contributed by atoms with E-state index in [2.05, 4.69) is 49.7 Å². The molecule has 2 bridgehead atoms. The predicted octanol–water partition coefficient (Wildman–Crippen LogP) is 5.65. The van der Waals surface area contributed by atoms with Crippen molar-refractivity contribution in [3.8, 4) is 0 Å². The molecule has 3 heterocycles. The van der Waals surface area contributed by atoms with Crippen LogP contribution in [0.1, 0.15) is 85.1 Å². The molecule has 1 N–H and O–H groups in total. The smallest absolute Gasteiger partial charge is 0.447 e. The quantitative estimate of drug-likeness (QED) is 0.216. The summed E-state index contributed by atoms with van der Waals surface area (Å²) in [5.41, 5.74) is 0.674. The van der Waals surface area contributed by atoms with Crippen LogP contribution in [0.2, 0.25) is 0 Å². The first kappa shape index (κ1) is 33.1. The van der Waals surface area contributed by atoms with E-state index >= 15 is 0 Å². The Bertz CT molecular complexity index is 1360. The Morgan fingerprint density at radius 1 is 1.13 bits per heavy atom. The van der Waals surface area contributed by atoms with Crippen molar-refractivity contribution in [2.75, 3.05) is 26.2 Å². The van der Waals surface area contributed by atoms with Gasteiger partial charge in [-0.2, -0.15) is 0 Å². The van der Waals surface area contributed by atoms with Crippen molar-refractivity contribution in [1.29, 1.82) is 0 Å². The third-order valence-electron chi connectivity index (χ3n) is 11.9. The maximum Gasteiger partial charge on any atom is 0.482 e. The van der Waals surface area contributed by atoms with E-state index in [0.29, 0.717) is 24.8 Å². The minimum Gasteiger partial charge on any atom is -0.447 e. The van der Waals surface area contributed by atoms with Crippen molar-refractivity contribution < 1.29 is 23.6 Å². The van der Waals surface area contributed by atoms with Crippen LogP contribution in [-0.4, -0.2) is 84.4 Å². The van der Waals surface area contributed by atoms with E-state index in [1.54, 1.807) is 4.90 Å². The van der Waals surface area contributed by atoms with Crippen LogP contribution in [0.5, 0.6) is 0 Å². The Kier molecular flexibility index (Phi) is 9.32. The van der Waals surface area contributed by atoms with Gasteiger partial charge in [-0.15, -0.1) is 0 Å². The molecule has 1 aromatic carbocycles. The number of nitrogens with zero attached hydrogens (tertiary/aromatic N) is 3. The Hall–Kier alpha value is -2.87. The maximum atomic E-state index is 13.7. The molecule has 0 spiro atoms. The number of carbonyl (C=O) groups excluding carboxylic acids is 2. The SMILES string of the molecule is [C-]#[N+]C(=CC(C)(C)N1CCCC1)C(=O)N1CCCC[C@@H]1COC(=O)N[C@@H](Cc1ccccc1)B1O[C@@H]2C[C@@H]3C[C@@H](C3(C)C)[C@]2(C)O1. The number of hydrogen-bond donors (Lipinski definition) is 1. The van der Waals surface area contributed by atoms with Crippen molar-refractivity contribution in [1.82, 2.24) is 15.1 Å². The Labute approximate surface area is 275 Å². The molecule has 9 nitrogen and oxygen atoms in total. The van der Waals surface area contributed by atoms with Gasteiger partial charge in [0.05, 0.1) is 30.3 Å². The zero-order valence-electron chi connectivity index (χ0n) is 28.3. The van der Waals surface area contributed by atoms with Crippen LogP contribution in [0.25, 0.3) is 4.85 Å². The Balaban J connectivity index is 1.11. The van der Waals surface area contributed by atoms with E-state index in [1.165, 1.54) is 0 Å². The highest BCUT2D eigenvalue weighted by molar-refractivity contribution is 6.47. The van der Waals surface area contributed by atoms with Crippen molar-refractivity contribution in [3.05, 3.63) is 59.1 Å². The molecule has 10 heteroatoms. The molecule has 0 aromatic heterocycles. The molecular formula is C36H51BN4O5. The van der Waals surface area contributed by atoms with Crippen LogP contribution in [0, 0.1) is 23.8 Å². The molecule has 3 aliphatic carbocycles. The van der Waals surface area contributed by atoms with Gasteiger partial charge in [0.25, 0.3) is 5.91 Å². The van der Waals surface area contributed by atoms with Gasteiger partial charge in [0.2, 0.25) is 5.70 Å². The second-order valence-electron chi connectivity index (χ2n) is 15.5. The topological polar surface area (TPSA) is 84.7 Å². The summed E-state index contributed by atoms with van der Waals surface area (Å²) in [6, 6.07) is 9.77. The van der Waals surface area contributed by atoms with Gasteiger partial charge in [0.15, 0.2) is 0 Å². The molecule has 3 saturated heterocycles. The molecule has 0 unspecified atom stereocenters. The normalized spacial score (nSPS) is 31.4. The largest absolute Gasteiger partial charge is 0.482 e. The summed E-state index contributed by atoms with van der Waals surface area (Å²) in [6.45, 7) is 21.4. The lowest BCUT2D eigenvalue weighted by Crippen LogP contribution is -2.65. The lowest BCUT2D eigenvalue weighted by molar-refractivity contribution is -0.199. The van der Waals surface area contributed by atoms with Crippen molar-refractivity contribution in [2.24, 2.45) is 17.3 Å². The molecule has 6 atom stereocenters. The molecule has 2 amide bonds. The average Bonchev–Trinajstić information content (AvgIpc) is 3.71. The molecule has 248 valence electrons. The predicted molar refractivity (Wildman–Crippen MR) is 177 cm³/mol. The van der Waals surface area contributed by atoms with E-state index in [-0.39, 0.29) is 46.9 Å². The molecule has 7 rings (SSSR count). The molecule has 46 heavy (non-hydrogen) atoms. The number of benzene rings is 1. The van der Waals surface area contributed by atoms with Crippen LogP contribution >= 0.6 is 0 Å². The van der Waals surface area contributed by atoms with E-state index in [9.17, 15) is 9.59 Å². The van der Waals surface area contributed by atoms with Gasteiger partial charge in [-0.25, -0.2) is 9.64 Å². The van der Waals surface area contributed by atoms with Gasteiger partial charge >= 0.3 is 13.2 Å². The van der Waals surface area contributed by atoms with Gasteiger partial charge < -0.3 is 24.3 Å². The fraction of sp³-hybridized carbons (Fsp3) is 0.694. The minimum absolute atomic E-state index is 0.00678. The Morgan fingerprint density at radius 2 is 1.85 bits per heavy atom. The fourth-order valence-electron chi connectivity index (χ4n) is 8.97. The molecule has 6 aliphatic rings. The monoisotopic (exact) mass is 630 g/mol. The number of nitrogens with one attached hydrogen (secondary N) is 1. The van der Waals surface area contributed by atoms with Gasteiger partial charge in [-0.1, -0.05) is 50.3 Å². The number of piperidine rings is 1. The summed E-state index contributed by atoms with van der Waals surface area (Å²) < 4.78 is 19.2. The first-order valence-electron chi connectivity index (χ1n) is 17.4. The van der Waals surface area contributed by atoms with Crippen LogP contribution in [0.3, 0.4) is 0 Å². The third-order valence-corrected chi connectivity index (χ3v) is 11.9. The van der Waals surface area contributed by atoms with Gasteiger partial charge in [0.1, 0.15) is 6.61 Å². The summed E-state index contributed by atoms with van der Waals surface area (Å²) in [7, 11) is -0.587. The fourth-order valence-corrected chi connectivity index (χ4v) is 8.97. The number of rotatable bonds is 9. The molecule has 3 aliphatic heterocycles. The molecular weight excluding hydrogens is 579 g/mol. The zero-order valence-corrected chi connectivity index (χ0v) is 28.3. The van der Waals surface area contributed by atoms with Crippen LogP contribution < -0.4 is 5.32 Å². The lowest BCUT2D eigenvalue weighted by Gasteiger charge is -2.64. The van der Waals surface area contributed by atoms with E-state index < -0.39 is 19.2 Å². The maximum absolute atomic E-state index is 13.7. The number of alkyl carbamates (subject to hydrolysis) is 1. The third kappa shape index (κ3) is 6.35. The first-order valence-corrected chi connectivity index (χ1v) is 17.4. The van der Waals surface area contributed by atoms with Gasteiger partial charge in [0, 0.05) is 12.1 Å². The number of amides is 2. The average molecular weight is 631 g/mol. The van der Waals surface area contributed by atoms with Crippen molar-refractivity contribution >= 4 is 19.1 Å². The number of hydrogen-bond acceptors (Lipinski definition) is 6. The zero-order chi connectivity index (χ0) is 32.7. The highest BCUT2D eigenvalue weighted by atomic mass is 16.7. The molecule has 1 aromatic rings. The van der Waals surface area contributed by atoms with E-state index in [4.69, 9.17) is 20.6 Å². The van der Waals surface area contributed by atoms with E-state index in [0.717, 1.165) is 63.6 Å².